The van der Waals surface area contributed by atoms with Gasteiger partial charge >= 0.3 is 0 Å². The fourth-order valence-corrected chi connectivity index (χ4v) is 2.92. The molecule has 3 aromatic carbocycles. The van der Waals surface area contributed by atoms with Gasteiger partial charge in [0.15, 0.2) is 5.75 Å². The minimum atomic E-state index is -4.68. The van der Waals surface area contributed by atoms with Crippen molar-refractivity contribution in [1.82, 2.24) is 0 Å². The molecule has 25 heavy (non-hydrogen) atoms. The first-order valence-corrected chi connectivity index (χ1v) is 8.43. The van der Waals surface area contributed by atoms with Crippen molar-refractivity contribution in [2.75, 3.05) is 5.73 Å². The number of phenolic OH excluding ortho intramolecular Hbond substituents is 2. The molecule has 8 nitrogen and oxygen atoms in total. The molecule has 0 bridgehead atoms. The van der Waals surface area contributed by atoms with Crippen molar-refractivity contribution < 1.29 is 23.2 Å². The first-order chi connectivity index (χ1) is 11.8. The molecule has 0 radical (unpaired) electrons. The van der Waals surface area contributed by atoms with Crippen LogP contribution < -0.4 is 5.73 Å². The molecule has 0 fully saturated rings. The Labute approximate surface area is 142 Å². The summed E-state index contributed by atoms with van der Waals surface area (Å²) < 4.78 is 31.6. The molecule has 0 spiro atoms. The van der Waals surface area contributed by atoms with Gasteiger partial charge in [0.1, 0.15) is 22.0 Å². The van der Waals surface area contributed by atoms with Gasteiger partial charge in [-0.1, -0.05) is 24.3 Å². The van der Waals surface area contributed by atoms with Crippen LogP contribution in [0.1, 0.15) is 0 Å². The summed E-state index contributed by atoms with van der Waals surface area (Å²) in [6.07, 6.45) is 0. The second kappa shape index (κ2) is 6.04. The van der Waals surface area contributed by atoms with E-state index in [0.717, 1.165) is 16.8 Å². The van der Waals surface area contributed by atoms with E-state index in [-0.39, 0.29) is 22.8 Å². The number of nitrogens with two attached hydrogens (primary N) is 1. The molecule has 0 aromatic heterocycles. The van der Waals surface area contributed by atoms with Crippen molar-refractivity contribution in [2.45, 2.75) is 4.90 Å². The van der Waals surface area contributed by atoms with E-state index in [2.05, 4.69) is 10.2 Å². The van der Waals surface area contributed by atoms with Crippen molar-refractivity contribution >= 4 is 38.0 Å². The van der Waals surface area contributed by atoms with Crippen LogP contribution in [-0.2, 0) is 10.1 Å². The molecular formula is C16H13N3O5S. The number of hydrogen-bond donors (Lipinski definition) is 4. The van der Waals surface area contributed by atoms with Crippen LogP contribution in [0, 0.1) is 0 Å². The van der Waals surface area contributed by atoms with Crippen molar-refractivity contribution in [2.24, 2.45) is 10.2 Å². The number of rotatable bonds is 3. The Morgan fingerprint density at radius 1 is 0.880 bits per heavy atom. The smallest absolute Gasteiger partial charge is 0.298 e. The van der Waals surface area contributed by atoms with Crippen molar-refractivity contribution in [3.05, 3.63) is 48.5 Å². The monoisotopic (exact) mass is 359 g/mol. The third-order valence-corrected chi connectivity index (χ3v) is 4.33. The molecule has 128 valence electrons. The van der Waals surface area contributed by atoms with E-state index in [1.807, 2.05) is 24.3 Å². The standard InChI is InChI=1S/C16H13N3O5S/c17-11-7-13(16(21)15(8-11)25(22,23)24)19-18-12-5-9-3-1-2-4-10(9)6-14(12)20/h1-8,20-21H,17H2,(H,22,23,24). The van der Waals surface area contributed by atoms with Crippen LogP contribution in [0.5, 0.6) is 11.5 Å². The maximum atomic E-state index is 11.3. The highest BCUT2D eigenvalue weighted by Crippen LogP contribution is 2.38. The average molecular weight is 359 g/mol. The Morgan fingerprint density at radius 2 is 1.48 bits per heavy atom. The number of anilines is 1. The zero-order chi connectivity index (χ0) is 18.2. The molecule has 0 heterocycles. The molecule has 0 unspecified atom stereocenters. The third kappa shape index (κ3) is 3.37. The maximum absolute atomic E-state index is 11.3. The molecule has 9 heteroatoms. The van der Waals surface area contributed by atoms with Crippen molar-refractivity contribution in [3.8, 4) is 11.5 Å². The number of nitrogen functional groups attached to an aromatic ring is 1. The number of benzene rings is 3. The number of azo groups is 1. The van der Waals surface area contributed by atoms with E-state index in [4.69, 9.17) is 10.3 Å². The van der Waals surface area contributed by atoms with Gasteiger partial charge in [-0.3, -0.25) is 4.55 Å². The van der Waals surface area contributed by atoms with Crippen LogP contribution in [0.25, 0.3) is 10.8 Å². The van der Waals surface area contributed by atoms with Crippen LogP contribution in [0.3, 0.4) is 0 Å². The Morgan fingerprint density at radius 3 is 2.12 bits per heavy atom. The molecule has 0 aliphatic rings. The van der Waals surface area contributed by atoms with Crippen LogP contribution in [0.2, 0.25) is 0 Å². The highest BCUT2D eigenvalue weighted by molar-refractivity contribution is 7.86. The summed E-state index contributed by atoms with van der Waals surface area (Å²) >= 11 is 0. The summed E-state index contributed by atoms with van der Waals surface area (Å²) in [5.41, 5.74) is 5.38. The lowest BCUT2D eigenvalue weighted by molar-refractivity contribution is 0.444. The summed E-state index contributed by atoms with van der Waals surface area (Å²) in [7, 11) is -4.68. The molecule has 5 N–H and O–H groups in total. The zero-order valence-corrected chi connectivity index (χ0v) is 13.5. The molecular weight excluding hydrogens is 346 g/mol. The highest BCUT2D eigenvalue weighted by atomic mass is 32.2. The second-order valence-corrected chi connectivity index (χ2v) is 6.64. The number of nitrogens with zero attached hydrogens (tertiary/aromatic N) is 2. The van der Waals surface area contributed by atoms with Crippen LogP contribution >= 0.6 is 0 Å². The van der Waals surface area contributed by atoms with E-state index >= 15 is 0 Å². The van der Waals surface area contributed by atoms with Gasteiger partial charge in [0.2, 0.25) is 0 Å². The number of aromatic hydroxyl groups is 2. The first kappa shape index (κ1) is 16.7. The second-order valence-electron chi connectivity index (χ2n) is 5.25. The molecule has 0 saturated heterocycles. The Balaban J connectivity index is 2.09. The predicted molar refractivity (Wildman–Crippen MR) is 92.1 cm³/mol. The SMILES string of the molecule is Nc1cc(N=Nc2cc3ccccc3cc2O)c(O)c(S(=O)(=O)O)c1. The molecule has 0 aliphatic carbocycles. The van der Waals surface area contributed by atoms with E-state index in [0.29, 0.717) is 0 Å². The van der Waals surface area contributed by atoms with E-state index in [1.165, 1.54) is 12.1 Å². The quantitative estimate of drug-likeness (QED) is 0.244. The average Bonchev–Trinajstić information content (AvgIpc) is 2.54. The highest BCUT2D eigenvalue weighted by Gasteiger charge is 2.19. The van der Waals surface area contributed by atoms with Gasteiger partial charge in [0.05, 0.1) is 0 Å². The normalized spacial score (nSPS) is 12.0. The van der Waals surface area contributed by atoms with Gasteiger partial charge in [0, 0.05) is 5.69 Å². The lowest BCUT2D eigenvalue weighted by Gasteiger charge is -2.06. The van der Waals surface area contributed by atoms with Crippen molar-refractivity contribution in [3.63, 3.8) is 0 Å². The Hall–Kier alpha value is -3.17. The van der Waals surface area contributed by atoms with Gasteiger partial charge in [-0.25, -0.2) is 0 Å². The molecule has 0 aliphatic heterocycles. The summed E-state index contributed by atoms with van der Waals surface area (Å²) in [5.74, 6) is -0.929. The summed E-state index contributed by atoms with van der Waals surface area (Å²) in [4.78, 5) is -0.774. The lowest BCUT2D eigenvalue weighted by atomic mass is 10.1. The van der Waals surface area contributed by atoms with Crippen LogP contribution in [-0.4, -0.2) is 23.2 Å². The lowest BCUT2D eigenvalue weighted by Crippen LogP contribution is -2.00. The number of phenols is 2. The topological polar surface area (TPSA) is 146 Å². The van der Waals surface area contributed by atoms with E-state index in [9.17, 15) is 18.6 Å². The van der Waals surface area contributed by atoms with Gasteiger partial charge in [0.25, 0.3) is 10.1 Å². The Bertz CT molecular complexity index is 1110. The summed E-state index contributed by atoms with van der Waals surface area (Å²) in [6.45, 7) is 0. The fraction of sp³-hybridized carbons (Fsp3) is 0. The molecule has 0 saturated carbocycles. The van der Waals surface area contributed by atoms with Crippen LogP contribution in [0.4, 0.5) is 17.1 Å². The Kier molecular flexibility index (Phi) is 4.03. The summed E-state index contributed by atoms with van der Waals surface area (Å²) in [5, 5.41) is 29.2. The largest absolute Gasteiger partial charge is 0.506 e. The minimum absolute atomic E-state index is 0.0397. The van der Waals surface area contributed by atoms with Gasteiger partial charge in [-0.15, -0.1) is 10.2 Å². The molecule has 3 rings (SSSR count). The molecule has 0 atom stereocenters. The van der Waals surface area contributed by atoms with Crippen molar-refractivity contribution in [1.29, 1.82) is 0 Å². The van der Waals surface area contributed by atoms with Crippen LogP contribution in [0.15, 0.2) is 63.7 Å². The molecule has 3 aromatic rings. The number of fused-ring (bicyclic) bond motifs is 1. The summed E-state index contributed by atoms with van der Waals surface area (Å²) in [6, 6.07) is 12.5. The van der Waals surface area contributed by atoms with E-state index < -0.39 is 20.8 Å². The van der Waals surface area contributed by atoms with E-state index in [1.54, 1.807) is 6.07 Å². The number of hydrogen-bond acceptors (Lipinski definition) is 7. The van der Waals surface area contributed by atoms with Gasteiger partial charge in [-0.05, 0) is 35.0 Å². The maximum Gasteiger partial charge on any atom is 0.298 e. The predicted octanol–water partition coefficient (Wildman–Crippen LogP) is 3.50. The molecule has 0 amide bonds. The van der Waals surface area contributed by atoms with Gasteiger partial charge in [-0.2, -0.15) is 8.42 Å². The fourth-order valence-electron chi connectivity index (χ4n) is 2.29. The first-order valence-electron chi connectivity index (χ1n) is 6.99. The van der Waals surface area contributed by atoms with Gasteiger partial charge < -0.3 is 15.9 Å². The minimum Gasteiger partial charge on any atom is -0.506 e. The third-order valence-electron chi connectivity index (χ3n) is 3.46. The zero-order valence-electron chi connectivity index (χ0n) is 12.7.